The second-order valence-electron chi connectivity index (χ2n) is 6.02. The Hall–Kier alpha value is -4.14. The fourth-order valence-electron chi connectivity index (χ4n) is 3.01. The van der Waals surface area contributed by atoms with Crippen molar-refractivity contribution in [1.82, 2.24) is 19.5 Å². The van der Waals surface area contributed by atoms with E-state index in [1.165, 1.54) is 11.7 Å². The molecule has 1 amide bonds. The summed E-state index contributed by atoms with van der Waals surface area (Å²) in [5, 5.41) is 0. The van der Waals surface area contributed by atoms with Crippen LogP contribution in [0.5, 0.6) is 5.75 Å². The van der Waals surface area contributed by atoms with Gasteiger partial charge in [-0.3, -0.25) is 4.79 Å². The number of nitrogens with zero attached hydrogens (tertiary/aromatic N) is 3. The van der Waals surface area contributed by atoms with Crippen molar-refractivity contribution >= 4 is 22.8 Å². The number of hydrogen-bond donors (Lipinski definition) is 3. The predicted octanol–water partition coefficient (Wildman–Crippen LogP) is 1.47. The maximum atomic E-state index is 12.7. The van der Waals surface area contributed by atoms with Gasteiger partial charge in [-0.2, -0.15) is 0 Å². The third-order valence-corrected chi connectivity index (χ3v) is 4.24. The van der Waals surface area contributed by atoms with E-state index >= 15 is 0 Å². The van der Waals surface area contributed by atoms with Crippen molar-refractivity contribution in [1.29, 1.82) is 0 Å². The highest BCUT2D eigenvalue weighted by Crippen LogP contribution is 2.26. The summed E-state index contributed by atoms with van der Waals surface area (Å²) < 4.78 is 6.67. The average molecular weight is 376 g/mol. The molecule has 0 spiro atoms. The van der Waals surface area contributed by atoms with E-state index < -0.39 is 11.6 Å². The minimum atomic E-state index is -0.786. The van der Waals surface area contributed by atoms with Gasteiger partial charge in [-0.1, -0.05) is 24.3 Å². The number of anilines is 1. The highest BCUT2D eigenvalue weighted by atomic mass is 16.5. The maximum Gasteiger partial charge on any atom is 0.332 e. The van der Waals surface area contributed by atoms with E-state index in [4.69, 9.17) is 16.2 Å². The number of amides is 1. The van der Waals surface area contributed by atoms with E-state index in [2.05, 4.69) is 15.0 Å². The number of methoxy groups -OCH3 is 1. The molecule has 0 radical (unpaired) electrons. The van der Waals surface area contributed by atoms with Gasteiger partial charge in [0.05, 0.1) is 12.8 Å². The fourth-order valence-corrected chi connectivity index (χ4v) is 3.01. The van der Waals surface area contributed by atoms with Gasteiger partial charge in [0.2, 0.25) is 0 Å². The van der Waals surface area contributed by atoms with Crippen LogP contribution in [-0.2, 0) is 0 Å². The van der Waals surface area contributed by atoms with Crippen molar-refractivity contribution in [3.05, 3.63) is 64.7 Å². The van der Waals surface area contributed by atoms with Gasteiger partial charge in [-0.05, 0) is 24.3 Å². The van der Waals surface area contributed by atoms with E-state index in [0.29, 0.717) is 22.7 Å². The van der Waals surface area contributed by atoms with Crippen molar-refractivity contribution in [2.24, 2.45) is 5.73 Å². The van der Waals surface area contributed by atoms with E-state index in [-0.39, 0.29) is 22.7 Å². The topological polar surface area (TPSA) is 142 Å². The molecule has 2 aromatic heterocycles. The van der Waals surface area contributed by atoms with Gasteiger partial charge in [-0.15, -0.1) is 0 Å². The number of carbonyl (C=O) groups is 1. The first-order valence-electron chi connectivity index (χ1n) is 8.31. The molecule has 28 heavy (non-hydrogen) atoms. The monoisotopic (exact) mass is 376 g/mol. The standard InChI is InChI=1S/C19H16N6O3/c1-28-13-8-3-2-7-12(13)25-18-15(23-19(25)27)14(16(21)26)22-17(24-18)10-5-4-6-11(20)9-10/h2-9H,20H2,1H3,(H2,21,26)(H,23,27). The molecule has 0 saturated carbocycles. The van der Waals surface area contributed by atoms with E-state index in [1.807, 2.05) is 0 Å². The highest BCUT2D eigenvalue weighted by Gasteiger charge is 2.21. The molecule has 0 bridgehead atoms. The summed E-state index contributed by atoms with van der Waals surface area (Å²) in [6.07, 6.45) is 0. The number of ether oxygens (including phenoxy) is 1. The third-order valence-electron chi connectivity index (χ3n) is 4.24. The molecule has 9 heteroatoms. The normalized spacial score (nSPS) is 10.9. The summed E-state index contributed by atoms with van der Waals surface area (Å²) in [5.74, 6) is -0.0996. The molecular formula is C19H16N6O3. The Labute approximate surface area is 158 Å². The molecule has 0 aliphatic heterocycles. The maximum absolute atomic E-state index is 12.7. The Morgan fingerprint density at radius 1 is 1.14 bits per heavy atom. The molecule has 0 saturated heterocycles. The Morgan fingerprint density at radius 2 is 1.93 bits per heavy atom. The molecule has 0 unspecified atom stereocenters. The number of hydrogen-bond acceptors (Lipinski definition) is 6. The first-order valence-corrected chi connectivity index (χ1v) is 8.31. The third kappa shape index (κ3) is 2.75. The SMILES string of the molecule is COc1ccccc1-n1c(=O)[nH]c2c(C(N)=O)nc(-c3cccc(N)c3)nc21. The van der Waals surface area contributed by atoms with E-state index in [9.17, 15) is 9.59 Å². The van der Waals surface area contributed by atoms with Crippen LogP contribution in [0.4, 0.5) is 5.69 Å². The number of fused-ring (bicyclic) bond motifs is 1. The van der Waals surface area contributed by atoms with Crippen LogP contribution >= 0.6 is 0 Å². The molecule has 0 aliphatic carbocycles. The number of para-hydroxylation sites is 2. The Bertz CT molecular complexity index is 1270. The zero-order chi connectivity index (χ0) is 19.8. The molecule has 9 nitrogen and oxygen atoms in total. The number of carbonyl (C=O) groups excluding carboxylic acids is 1. The van der Waals surface area contributed by atoms with Crippen molar-refractivity contribution in [3.63, 3.8) is 0 Å². The van der Waals surface area contributed by atoms with E-state index in [0.717, 1.165) is 0 Å². The van der Waals surface area contributed by atoms with Crippen LogP contribution in [0, 0.1) is 0 Å². The van der Waals surface area contributed by atoms with Crippen LogP contribution in [-0.4, -0.2) is 32.5 Å². The number of nitrogen functional groups attached to an aromatic ring is 1. The van der Waals surface area contributed by atoms with Crippen LogP contribution in [0.3, 0.4) is 0 Å². The first kappa shape index (κ1) is 17.3. The second kappa shape index (κ2) is 6.54. The molecule has 0 aliphatic rings. The van der Waals surface area contributed by atoms with Gasteiger partial charge < -0.3 is 21.2 Å². The lowest BCUT2D eigenvalue weighted by Crippen LogP contribution is -2.16. The highest BCUT2D eigenvalue weighted by molar-refractivity contribution is 6.02. The second-order valence-corrected chi connectivity index (χ2v) is 6.02. The summed E-state index contributed by atoms with van der Waals surface area (Å²) in [6.45, 7) is 0. The number of imidazole rings is 1. The lowest BCUT2D eigenvalue weighted by atomic mass is 10.2. The molecule has 4 aromatic rings. The smallest absolute Gasteiger partial charge is 0.332 e. The number of aromatic amines is 1. The summed E-state index contributed by atoms with van der Waals surface area (Å²) >= 11 is 0. The molecule has 140 valence electrons. The van der Waals surface area contributed by atoms with Gasteiger partial charge >= 0.3 is 5.69 Å². The summed E-state index contributed by atoms with van der Waals surface area (Å²) in [7, 11) is 1.50. The van der Waals surface area contributed by atoms with Gasteiger partial charge in [0, 0.05) is 11.3 Å². The minimum absolute atomic E-state index is 0.0897. The van der Waals surface area contributed by atoms with Crippen molar-refractivity contribution in [3.8, 4) is 22.8 Å². The van der Waals surface area contributed by atoms with Crippen LogP contribution in [0.15, 0.2) is 53.3 Å². The number of aromatic nitrogens is 4. The number of benzene rings is 2. The predicted molar refractivity (Wildman–Crippen MR) is 104 cm³/mol. The van der Waals surface area contributed by atoms with Gasteiger partial charge in [0.25, 0.3) is 5.91 Å². The quantitative estimate of drug-likeness (QED) is 0.460. The lowest BCUT2D eigenvalue weighted by Gasteiger charge is -2.10. The molecule has 2 aromatic carbocycles. The molecule has 5 N–H and O–H groups in total. The van der Waals surface area contributed by atoms with Crippen molar-refractivity contribution in [2.75, 3.05) is 12.8 Å². The van der Waals surface area contributed by atoms with Crippen LogP contribution in [0.2, 0.25) is 0 Å². The van der Waals surface area contributed by atoms with Crippen LogP contribution in [0.1, 0.15) is 10.5 Å². The molecule has 0 atom stereocenters. The number of nitrogens with one attached hydrogen (secondary N) is 1. The zero-order valence-electron chi connectivity index (χ0n) is 14.8. The lowest BCUT2D eigenvalue weighted by molar-refractivity contribution is 0.0997. The average Bonchev–Trinajstić information content (AvgIpc) is 3.02. The van der Waals surface area contributed by atoms with Gasteiger partial charge in [0.15, 0.2) is 17.2 Å². The Balaban J connectivity index is 2.09. The van der Waals surface area contributed by atoms with Gasteiger partial charge in [0.1, 0.15) is 11.3 Å². The summed E-state index contributed by atoms with van der Waals surface area (Å²) in [5.41, 5.74) is 12.7. The first-order chi connectivity index (χ1) is 13.5. The van der Waals surface area contributed by atoms with Crippen molar-refractivity contribution in [2.45, 2.75) is 0 Å². The Morgan fingerprint density at radius 3 is 2.64 bits per heavy atom. The largest absolute Gasteiger partial charge is 0.495 e. The van der Waals surface area contributed by atoms with Crippen molar-refractivity contribution < 1.29 is 9.53 Å². The van der Waals surface area contributed by atoms with Gasteiger partial charge in [-0.25, -0.2) is 19.3 Å². The molecule has 0 fully saturated rings. The molecule has 4 rings (SSSR count). The fraction of sp³-hybridized carbons (Fsp3) is 0.0526. The Kier molecular flexibility index (Phi) is 4.04. The number of rotatable bonds is 4. The summed E-state index contributed by atoms with van der Waals surface area (Å²) in [6, 6.07) is 13.9. The van der Waals surface area contributed by atoms with E-state index in [1.54, 1.807) is 48.5 Å². The molecule has 2 heterocycles. The summed E-state index contributed by atoms with van der Waals surface area (Å²) in [4.78, 5) is 36.1. The zero-order valence-corrected chi connectivity index (χ0v) is 14.8. The molecular weight excluding hydrogens is 360 g/mol. The number of nitrogens with two attached hydrogens (primary N) is 2. The number of primary amides is 1. The van der Waals surface area contributed by atoms with Crippen LogP contribution < -0.4 is 21.9 Å². The minimum Gasteiger partial charge on any atom is -0.495 e. The van der Waals surface area contributed by atoms with Crippen LogP contribution in [0.25, 0.3) is 28.2 Å². The number of H-pyrrole nitrogens is 1.